The van der Waals surface area contributed by atoms with E-state index in [0.29, 0.717) is 0 Å². The van der Waals surface area contributed by atoms with Crippen molar-refractivity contribution in [1.29, 1.82) is 0 Å². The van der Waals surface area contributed by atoms with Crippen molar-refractivity contribution in [2.45, 2.75) is 25.8 Å². The molecule has 2 aromatic rings. The summed E-state index contributed by atoms with van der Waals surface area (Å²) in [6, 6.07) is 6.46. The first-order chi connectivity index (χ1) is 8.31. The number of rotatable bonds is 6. The summed E-state index contributed by atoms with van der Waals surface area (Å²) in [4.78, 5) is 1.38. The lowest BCUT2D eigenvalue weighted by molar-refractivity contribution is 0.409. The second-order valence-electron chi connectivity index (χ2n) is 3.92. The van der Waals surface area contributed by atoms with Crippen molar-refractivity contribution in [3.63, 3.8) is 0 Å². The van der Waals surface area contributed by atoms with E-state index >= 15 is 0 Å². The van der Waals surface area contributed by atoms with Gasteiger partial charge >= 0.3 is 0 Å². The predicted molar refractivity (Wildman–Crippen MR) is 75.5 cm³/mol. The average molecular weight is 314 g/mol. The Kier molecular flexibility index (Phi) is 4.83. The van der Waals surface area contributed by atoms with Gasteiger partial charge in [-0.25, -0.2) is 0 Å². The third-order valence-electron chi connectivity index (χ3n) is 2.59. The lowest BCUT2D eigenvalue weighted by atomic mass is 10.1. The van der Waals surface area contributed by atoms with Gasteiger partial charge < -0.3 is 9.73 Å². The maximum absolute atomic E-state index is 5.57. The van der Waals surface area contributed by atoms with Gasteiger partial charge in [-0.3, -0.25) is 0 Å². The molecule has 1 unspecified atom stereocenters. The van der Waals surface area contributed by atoms with Crippen molar-refractivity contribution in [1.82, 2.24) is 5.32 Å². The van der Waals surface area contributed by atoms with Crippen LogP contribution in [-0.2, 0) is 6.42 Å². The van der Waals surface area contributed by atoms with Crippen LogP contribution in [0.2, 0.25) is 0 Å². The minimum absolute atomic E-state index is 0.248. The zero-order chi connectivity index (χ0) is 12.1. The van der Waals surface area contributed by atoms with E-state index in [9.17, 15) is 0 Å². The summed E-state index contributed by atoms with van der Waals surface area (Å²) < 4.78 is 6.61. The van der Waals surface area contributed by atoms with Crippen LogP contribution in [0, 0.1) is 0 Å². The van der Waals surface area contributed by atoms with Gasteiger partial charge in [-0.05, 0) is 46.4 Å². The Morgan fingerprint density at radius 3 is 2.94 bits per heavy atom. The largest absolute Gasteiger partial charge is 0.466 e. The normalized spacial score (nSPS) is 12.8. The van der Waals surface area contributed by atoms with E-state index in [0.717, 1.165) is 29.6 Å². The minimum Gasteiger partial charge on any atom is -0.466 e. The van der Waals surface area contributed by atoms with Gasteiger partial charge in [0.25, 0.3) is 0 Å². The van der Waals surface area contributed by atoms with Crippen LogP contribution < -0.4 is 5.32 Å². The van der Waals surface area contributed by atoms with Gasteiger partial charge in [-0.15, -0.1) is 11.3 Å². The summed E-state index contributed by atoms with van der Waals surface area (Å²) in [6.07, 6.45) is 3.83. The number of hydrogen-bond donors (Lipinski definition) is 1. The molecule has 2 rings (SSSR count). The molecule has 0 saturated heterocycles. The van der Waals surface area contributed by atoms with Gasteiger partial charge in [0.15, 0.2) is 0 Å². The summed E-state index contributed by atoms with van der Waals surface area (Å²) in [7, 11) is 0. The molecule has 2 aromatic heterocycles. The summed E-state index contributed by atoms with van der Waals surface area (Å²) in [5.41, 5.74) is 0. The summed E-state index contributed by atoms with van der Waals surface area (Å²) in [5.74, 6) is 0.992. The van der Waals surface area contributed by atoms with Crippen LogP contribution in [0.15, 0.2) is 38.7 Å². The smallest absolute Gasteiger partial charge is 0.135 e. The van der Waals surface area contributed by atoms with E-state index in [2.05, 4.69) is 45.7 Å². The van der Waals surface area contributed by atoms with E-state index < -0.39 is 0 Å². The van der Waals surface area contributed by atoms with E-state index in [-0.39, 0.29) is 6.04 Å². The third kappa shape index (κ3) is 3.44. The molecule has 2 heterocycles. The first-order valence-electron chi connectivity index (χ1n) is 5.80. The molecular weight excluding hydrogens is 298 g/mol. The maximum Gasteiger partial charge on any atom is 0.135 e. The predicted octanol–water partition coefficient (Wildman–Crippen LogP) is 4.39. The van der Waals surface area contributed by atoms with Crippen LogP contribution in [0.3, 0.4) is 0 Å². The zero-order valence-corrected chi connectivity index (χ0v) is 12.2. The molecule has 2 nitrogen and oxygen atoms in total. The number of hydrogen-bond acceptors (Lipinski definition) is 3. The molecule has 0 fully saturated rings. The van der Waals surface area contributed by atoms with E-state index in [1.165, 1.54) is 4.88 Å². The zero-order valence-electron chi connectivity index (χ0n) is 9.78. The fourth-order valence-electron chi connectivity index (χ4n) is 1.76. The fourth-order valence-corrected chi connectivity index (χ4v) is 2.99. The van der Waals surface area contributed by atoms with Crippen LogP contribution in [0.25, 0.3) is 0 Å². The first kappa shape index (κ1) is 12.9. The summed E-state index contributed by atoms with van der Waals surface area (Å²) in [6.45, 7) is 3.18. The second-order valence-corrected chi connectivity index (χ2v) is 5.81. The number of nitrogens with one attached hydrogen (secondary N) is 1. The molecule has 1 atom stereocenters. The van der Waals surface area contributed by atoms with Crippen molar-refractivity contribution in [2.24, 2.45) is 0 Å². The molecule has 4 heteroatoms. The molecule has 0 aliphatic heterocycles. The SMILES string of the molecule is CCCNC(Cc1cccs1)c1occc1Br. The van der Waals surface area contributed by atoms with Crippen molar-refractivity contribution < 1.29 is 4.42 Å². The van der Waals surface area contributed by atoms with Crippen molar-refractivity contribution in [2.75, 3.05) is 6.54 Å². The van der Waals surface area contributed by atoms with E-state index in [4.69, 9.17) is 4.42 Å². The molecule has 0 amide bonds. The van der Waals surface area contributed by atoms with Crippen molar-refractivity contribution >= 4 is 27.3 Å². The quantitative estimate of drug-likeness (QED) is 0.855. The number of furan rings is 1. The Balaban J connectivity index is 2.11. The first-order valence-corrected chi connectivity index (χ1v) is 7.47. The average Bonchev–Trinajstić information content (AvgIpc) is 2.95. The molecule has 0 radical (unpaired) electrons. The number of halogens is 1. The van der Waals surface area contributed by atoms with Crippen LogP contribution >= 0.6 is 27.3 Å². The molecule has 1 N–H and O–H groups in total. The summed E-state index contributed by atoms with van der Waals surface area (Å²) in [5, 5.41) is 5.65. The molecule has 0 spiro atoms. The standard InChI is InChI=1S/C13H16BrNOS/c1-2-6-15-12(9-10-4-3-8-17-10)13-11(14)5-7-16-13/h3-5,7-8,12,15H,2,6,9H2,1H3. The van der Waals surface area contributed by atoms with Gasteiger partial charge in [0.05, 0.1) is 16.8 Å². The highest BCUT2D eigenvalue weighted by atomic mass is 79.9. The Morgan fingerprint density at radius 2 is 2.35 bits per heavy atom. The highest BCUT2D eigenvalue weighted by Gasteiger charge is 2.18. The third-order valence-corrected chi connectivity index (χ3v) is 4.14. The Labute approximate surface area is 114 Å². The number of thiophene rings is 1. The van der Waals surface area contributed by atoms with Gasteiger partial charge in [0, 0.05) is 11.3 Å². The maximum atomic E-state index is 5.57. The lowest BCUT2D eigenvalue weighted by Gasteiger charge is -2.16. The Morgan fingerprint density at radius 1 is 1.47 bits per heavy atom. The lowest BCUT2D eigenvalue weighted by Crippen LogP contribution is -2.23. The topological polar surface area (TPSA) is 25.2 Å². The van der Waals surface area contributed by atoms with E-state index in [1.807, 2.05) is 6.07 Å². The van der Waals surface area contributed by atoms with Gasteiger partial charge in [-0.2, -0.15) is 0 Å². The molecular formula is C13H16BrNOS. The van der Waals surface area contributed by atoms with Crippen LogP contribution in [0.5, 0.6) is 0 Å². The monoisotopic (exact) mass is 313 g/mol. The van der Waals surface area contributed by atoms with Gasteiger partial charge in [0.1, 0.15) is 5.76 Å². The Bertz CT molecular complexity index is 438. The van der Waals surface area contributed by atoms with Crippen LogP contribution in [-0.4, -0.2) is 6.54 Å². The molecule has 17 heavy (non-hydrogen) atoms. The molecule has 0 bridgehead atoms. The molecule has 0 aliphatic rings. The molecule has 0 aliphatic carbocycles. The Hall–Kier alpha value is -0.580. The minimum atomic E-state index is 0.248. The highest BCUT2D eigenvalue weighted by Crippen LogP contribution is 2.28. The molecule has 0 saturated carbocycles. The molecule has 92 valence electrons. The van der Waals surface area contributed by atoms with Crippen molar-refractivity contribution in [3.05, 3.63) is 45.0 Å². The fraction of sp³-hybridized carbons (Fsp3) is 0.385. The van der Waals surface area contributed by atoms with Gasteiger partial charge in [-0.1, -0.05) is 13.0 Å². The highest BCUT2D eigenvalue weighted by molar-refractivity contribution is 9.10. The van der Waals surface area contributed by atoms with Crippen LogP contribution in [0.1, 0.15) is 30.0 Å². The summed E-state index contributed by atoms with van der Waals surface area (Å²) >= 11 is 5.32. The van der Waals surface area contributed by atoms with E-state index in [1.54, 1.807) is 17.6 Å². The van der Waals surface area contributed by atoms with Gasteiger partial charge in [0.2, 0.25) is 0 Å². The molecule has 0 aromatic carbocycles. The van der Waals surface area contributed by atoms with Crippen LogP contribution in [0.4, 0.5) is 0 Å². The van der Waals surface area contributed by atoms with Crippen molar-refractivity contribution in [3.8, 4) is 0 Å². The second kappa shape index (κ2) is 6.38.